The van der Waals surface area contributed by atoms with Crippen LogP contribution in [-0.4, -0.2) is 36.4 Å². The Bertz CT molecular complexity index is 732. The van der Waals surface area contributed by atoms with E-state index in [0.29, 0.717) is 0 Å². The van der Waals surface area contributed by atoms with Crippen molar-refractivity contribution in [3.63, 3.8) is 0 Å². The van der Waals surface area contributed by atoms with Crippen LogP contribution in [0.3, 0.4) is 0 Å². The number of carbonyl (C=O) groups is 1. The summed E-state index contributed by atoms with van der Waals surface area (Å²) >= 11 is 0. The number of benzene rings is 1. The largest absolute Gasteiger partial charge is 0.871 e. The average molecular weight is 328 g/mol. The maximum Gasteiger partial charge on any atom is 0.319 e. The Balaban J connectivity index is 2.10. The zero-order chi connectivity index (χ0) is 16.5. The Hall–Kier alpha value is -2.36. The smallest absolute Gasteiger partial charge is 0.319 e. The Kier molecular flexibility index (Phi) is 3.96. The molecule has 1 aliphatic heterocycles. The van der Waals surface area contributed by atoms with Crippen LogP contribution < -0.4 is 15.7 Å². The van der Waals surface area contributed by atoms with Gasteiger partial charge in [0.1, 0.15) is 0 Å². The fourth-order valence-electron chi connectivity index (χ4n) is 2.27. The lowest BCUT2D eigenvalue weighted by Gasteiger charge is -2.24. The SMILES string of the molecule is C[C@@]1(NC(=O)Nc2cc([N+](=O)[O-])ccc2[O-])CCS(=O)(=O)C1. The maximum atomic E-state index is 11.9. The third-order valence-corrected chi connectivity index (χ3v) is 5.24. The van der Waals surface area contributed by atoms with Crippen LogP contribution in [0.25, 0.3) is 0 Å². The molecule has 1 saturated heterocycles. The number of nitro groups is 1. The second kappa shape index (κ2) is 5.44. The van der Waals surface area contributed by atoms with Crippen molar-refractivity contribution < 1.29 is 23.2 Å². The normalized spacial score (nSPS) is 23.0. The summed E-state index contributed by atoms with van der Waals surface area (Å²) in [5.41, 5.74) is -1.49. The minimum Gasteiger partial charge on any atom is -0.871 e. The number of carbonyl (C=O) groups excluding carboxylic acids is 1. The summed E-state index contributed by atoms with van der Waals surface area (Å²) < 4.78 is 22.9. The van der Waals surface area contributed by atoms with E-state index in [1.807, 2.05) is 0 Å². The molecule has 9 nitrogen and oxygen atoms in total. The van der Waals surface area contributed by atoms with Gasteiger partial charge in [0, 0.05) is 17.8 Å². The van der Waals surface area contributed by atoms with Gasteiger partial charge in [-0.25, -0.2) is 13.2 Å². The van der Waals surface area contributed by atoms with Gasteiger partial charge in [0.05, 0.1) is 22.0 Å². The minimum absolute atomic E-state index is 0.0204. The zero-order valence-corrected chi connectivity index (χ0v) is 12.5. The van der Waals surface area contributed by atoms with E-state index in [9.17, 15) is 28.4 Å². The molecule has 0 aromatic heterocycles. The van der Waals surface area contributed by atoms with Crippen molar-refractivity contribution in [1.29, 1.82) is 0 Å². The van der Waals surface area contributed by atoms with Crippen molar-refractivity contribution in [1.82, 2.24) is 5.32 Å². The molecule has 2 rings (SSSR count). The van der Waals surface area contributed by atoms with Crippen LogP contribution in [0.15, 0.2) is 18.2 Å². The molecule has 1 fully saturated rings. The van der Waals surface area contributed by atoms with Crippen molar-refractivity contribution in [3.8, 4) is 5.75 Å². The van der Waals surface area contributed by atoms with E-state index in [0.717, 1.165) is 18.2 Å². The molecule has 1 aliphatic rings. The first-order valence-corrected chi connectivity index (χ1v) is 8.17. The molecule has 0 bridgehead atoms. The highest BCUT2D eigenvalue weighted by Crippen LogP contribution is 2.26. The van der Waals surface area contributed by atoms with Gasteiger partial charge in [-0.1, -0.05) is 11.8 Å². The van der Waals surface area contributed by atoms with Crippen molar-refractivity contribution in [2.75, 3.05) is 16.8 Å². The number of sulfone groups is 1. The average Bonchev–Trinajstić information content (AvgIpc) is 2.65. The lowest BCUT2D eigenvalue weighted by atomic mass is 10.0. The minimum atomic E-state index is -3.19. The number of nitrogens with zero attached hydrogens (tertiary/aromatic N) is 1. The lowest BCUT2D eigenvalue weighted by Crippen LogP contribution is -2.48. The van der Waals surface area contributed by atoms with Crippen LogP contribution >= 0.6 is 0 Å². The lowest BCUT2D eigenvalue weighted by molar-refractivity contribution is -0.385. The second-order valence-corrected chi connectivity index (χ2v) is 7.60. The first-order chi connectivity index (χ1) is 10.1. The zero-order valence-electron chi connectivity index (χ0n) is 11.7. The van der Waals surface area contributed by atoms with Gasteiger partial charge < -0.3 is 15.7 Å². The van der Waals surface area contributed by atoms with Crippen LogP contribution in [0.2, 0.25) is 0 Å². The van der Waals surface area contributed by atoms with Crippen LogP contribution in [0.5, 0.6) is 5.75 Å². The first-order valence-electron chi connectivity index (χ1n) is 6.35. The molecule has 120 valence electrons. The van der Waals surface area contributed by atoms with Crippen molar-refractivity contribution in [2.24, 2.45) is 0 Å². The van der Waals surface area contributed by atoms with Gasteiger partial charge in [0.25, 0.3) is 5.69 Å². The van der Waals surface area contributed by atoms with E-state index >= 15 is 0 Å². The van der Waals surface area contributed by atoms with Crippen LogP contribution in [0, 0.1) is 10.1 Å². The van der Waals surface area contributed by atoms with E-state index < -0.39 is 32.1 Å². The number of amides is 2. The number of hydrogen-bond donors (Lipinski definition) is 2. The van der Waals surface area contributed by atoms with E-state index in [4.69, 9.17) is 0 Å². The fourth-order valence-corrected chi connectivity index (χ4v) is 4.36. The van der Waals surface area contributed by atoms with E-state index in [1.54, 1.807) is 6.92 Å². The summed E-state index contributed by atoms with van der Waals surface area (Å²) in [7, 11) is -3.19. The summed E-state index contributed by atoms with van der Waals surface area (Å²) in [4.78, 5) is 21.9. The molecule has 1 aromatic carbocycles. The topological polar surface area (TPSA) is 141 Å². The fraction of sp³-hybridized carbons (Fsp3) is 0.417. The summed E-state index contributed by atoms with van der Waals surface area (Å²) in [6.45, 7) is 1.59. The Morgan fingerprint density at radius 2 is 2.09 bits per heavy atom. The summed E-state index contributed by atoms with van der Waals surface area (Å²) in [6.07, 6.45) is 0.266. The molecular weight excluding hydrogens is 314 g/mol. The van der Waals surface area contributed by atoms with E-state index in [1.165, 1.54) is 0 Å². The molecule has 0 saturated carbocycles. The summed E-state index contributed by atoms with van der Waals surface area (Å²) in [5, 5.41) is 27.0. The number of non-ortho nitro benzene ring substituents is 1. The second-order valence-electron chi connectivity index (χ2n) is 5.42. The van der Waals surface area contributed by atoms with Crippen LogP contribution in [0.4, 0.5) is 16.2 Å². The molecule has 2 amide bonds. The number of rotatable bonds is 3. The molecule has 0 aliphatic carbocycles. The van der Waals surface area contributed by atoms with Gasteiger partial charge >= 0.3 is 6.03 Å². The molecule has 22 heavy (non-hydrogen) atoms. The maximum absolute atomic E-state index is 11.9. The standard InChI is InChI=1S/C12H15N3O6S/c1-12(4-5-22(20,21)7-12)14-11(17)13-9-6-8(15(18)19)2-3-10(9)16/h2-3,6,16H,4-5,7H2,1H3,(H2,13,14,17)/p-1/t12-/m1/s1. The van der Waals surface area contributed by atoms with Gasteiger partial charge in [-0.15, -0.1) is 0 Å². The summed E-state index contributed by atoms with van der Waals surface area (Å²) in [5.74, 6) is -0.787. The summed E-state index contributed by atoms with van der Waals surface area (Å²) in [6, 6.07) is 2.19. The molecule has 1 heterocycles. The predicted octanol–water partition coefficient (Wildman–Crippen LogP) is 0.367. The van der Waals surface area contributed by atoms with Gasteiger partial charge in [-0.05, 0) is 13.3 Å². The van der Waals surface area contributed by atoms with Crippen LogP contribution in [0.1, 0.15) is 13.3 Å². The Morgan fingerprint density at radius 3 is 2.64 bits per heavy atom. The molecule has 0 spiro atoms. The third-order valence-electron chi connectivity index (χ3n) is 3.34. The van der Waals surface area contributed by atoms with Crippen molar-refractivity contribution in [2.45, 2.75) is 18.9 Å². The molecule has 2 N–H and O–H groups in total. The van der Waals surface area contributed by atoms with Crippen LogP contribution in [-0.2, 0) is 9.84 Å². The molecule has 0 radical (unpaired) electrons. The number of anilines is 1. The van der Waals surface area contributed by atoms with Crippen molar-refractivity contribution >= 4 is 27.2 Å². The predicted molar refractivity (Wildman–Crippen MR) is 76.4 cm³/mol. The molecular formula is C12H14N3O6S-. The Labute approximate surface area is 126 Å². The first kappa shape index (κ1) is 16.0. The highest BCUT2D eigenvalue weighted by atomic mass is 32.2. The highest BCUT2D eigenvalue weighted by molar-refractivity contribution is 7.91. The molecule has 0 unspecified atom stereocenters. The van der Waals surface area contributed by atoms with E-state index in [-0.39, 0.29) is 29.3 Å². The van der Waals surface area contributed by atoms with E-state index in [2.05, 4.69) is 10.6 Å². The molecule has 10 heteroatoms. The van der Waals surface area contributed by atoms with Gasteiger partial charge in [0.15, 0.2) is 9.84 Å². The third kappa shape index (κ3) is 3.64. The number of nitrogens with one attached hydrogen (secondary N) is 2. The monoisotopic (exact) mass is 328 g/mol. The molecule has 1 aromatic rings. The number of hydrogen-bond acceptors (Lipinski definition) is 6. The Morgan fingerprint density at radius 1 is 1.41 bits per heavy atom. The highest BCUT2D eigenvalue weighted by Gasteiger charge is 2.39. The number of urea groups is 1. The van der Waals surface area contributed by atoms with Gasteiger partial charge in [-0.2, -0.15) is 0 Å². The van der Waals surface area contributed by atoms with Gasteiger partial charge in [-0.3, -0.25) is 10.1 Å². The van der Waals surface area contributed by atoms with Gasteiger partial charge in [0.2, 0.25) is 0 Å². The number of nitro benzene ring substituents is 1. The quantitative estimate of drug-likeness (QED) is 0.606. The molecule has 1 atom stereocenters. The van der Waals surface area contributed by atoms with Crippen molar-refractivity contribution in [3.05, 3.63) is 28.3 Å².